The third-order valence-corrected chi connectivity index (χ3v) is 4.80. The molecule has 2 aromatic carbocycles. The zero-order chi connectivity index (χ0) is 20.3. The SMILES string of the molecule is Cc1c(NC(=O)c2cccc(COc3ccc(C(C)(C)C)cc3)c2)cnn1C. The van der Waals surface area contributed by atoms with Crippen molar-refractivity contribution in [2.45, 2.75) is 39.7 Å². The van der Waals surface area contributed by atoms with Crippen LogP contribution in [-0.2, 0) is 19.1 Å². The van der Waals surface area contributed by atoms with Crippen LogP contribution in [-0.4, -0.2) is 15.7 Å². The first-order chi connectivity index (χ1) is 13.2. The molecular weight excluding hydrogens is 350 g/mol. The van der Waals surface area contributed by atoms with Crippen molar-refractivity contribution in [2.24, 2.45) is 7.05 Å². The Labute approximate surface area is 166 Å². The Hall–Kier alpha value is -3.08. The minimum absolute atomic E-state index is 0.118. The molecule has 0 spiro atoms. The number of carbonyl (C=O) groups is 1. The van der Waals surface area contributed by atoms with Crippen LogP contribution in [0, 0.1) is 6.92 Å². The normalized spacial score (nSPS) is 11.3. The van der Waals surface area contributed by atoms with Crippen LogP contribution in [0.2, 0.25) is 0 Å². The predicted molar refractivity (Wildman–Crippen MR) is 112 cm³/mol. The molecule has 28 heavy (non-hydrogen) atoms. The predicted octanol–water partition coefficient (Wildman–Crippen LogP) is 4.86. The Morgan fingerprint density at radius 1 is 1.14 bits per heavy atom. The fourth-order valence-electron chi connectivity index (χ4n) is 2.84. The number of nitrogens with zero attached hydrogens (tertiary/aromatic N) is 2. The number of nitrogens with one attached hydrogen (secondary N) is 1. The molecule has 0 unspecified atom stereocenters. The maximum atomic E-state index is 12.5. The Morgan fingerprint density at radius 3 is 2.46 bits per heavy atom. The van der Waals surface area contributed by atoms with E-state index < -0.39 is 0 Å². The number of carbonyl (C=O) groups excluding carboxylic acids is 1. The van der Waals surface area contributed by atoms with Gasteiger partial charge in [-0.1, -0.05) is 45.0 Å². The van der Waals surface area contributed by atoms with E-state index in [4.69, 9.17) is 4.74 Å². The van der Waals surface area contributed by atoms with Gasteiger partial charge in [0.15, 0.2) is 0 Å². The number of benzene rings is 2. The molecule has 0 radical (unpaired) electrons. The lowest BCUT2D eigenvalue weighted by Crippen LogP contribution is -2.13. The molecule has 1 aromatic heterocycles. The second kappa shape index (κ2) is 7.89. The summed E-state index contributed by atoms with van der Waals surface area (Å²) >= 11 is 0. The molecule has 146 valence electrons. The first kappa shape index (κ1) is 19.7. The van der Waals surface area contributed by atoms with Gasteiger partial charge in [0.1, 0.15) is 12.4 Å². The average molecular weight is 377 g/mol. The molecule has 3 rings (SSSR count). The highest BCUT2D eigenvalue weighted by molar-refractivity contribution is 6.04. The van der Waals surface area contributed by atoms with Gasteiger partial charge in [-0.05, 0) is 47.7 Å². The summed E-state index contributed by atoms with van der Waals surface area (Å²) in [7, 11) is 1.84. The van der Waals surface area contributed by atoms with Gasteiger partial charge in [-0.3, -0.25) is 9.48 Å². The minimum Gasteiger partial charge on any atom is -0.489 e. The average Bonchev–Trinajstić information content (AvgIpc) is 2.98. The maximum Gasteiger partial charge on any atom is 0.255 e. The van der Waals surface area contributed by atoms with E-state index in [2.05, 4.69) is 43.3 Å². The summed E-state index contributed by atoms with van der Waals surface area (Å²) in [6.45, 7) is 8.88. The van der Waals surface area contributed by atoms with Crippen molar-refractivity contribution in [2.75, 3.05) is 5.32 Å². The molecule has 5 heteroatoms. The van der Waals surface area contributed by atoms with E-state index in [1.807, 2.05) is 44.3 Å². The molecule has 3 aromatic rings. The number of ether oxygens (including phenoxy) is 1. The van der Waals surface area contributed by atoms with E-state index in [9.17, 15) is 4.79 Å². The second-order valence-electron chi connectivity index (χ2n) is 7.98. The molecule has 0 aliphatic heterocycles. The highest BCUT2D eigenvalue weighted by Gasteiger charge is 2.13. The lowest BCUT2D eigenvalue weighted by Gasteiger charge is -2.19. The number of hydrogen-bond donors (Lipinski definition) is 1. The standard InChI is InChI=1S/C23H27N3O2/c1-16-21(14-24-26(16)5)25-22(27)18-8-6-7-17(13-18)15-28-20-11-9-19(10-12-20)23(2,3)4/h6-14H,15H2,1-5H3,(H,25,27). The number of amides is 1. The van der Waals surface area contributed by atoms with Crippen molar-refractivity contribution < 1.29 is 9.53 Å². The minimum atomic E-state index is -0.160. The highest BCUT2D eigenvalue weighted by atomic mass is 16.5. The number of aryl methyl sites for hydroxylation is 1. The van der Waals surface area contributed by atoms with Crippen LogP contribution in [0.25, 0.3) is 0 Å². The smallest absolute Gasteiger partial charge is 0.255 e. The quantitative estimate of drug-likeness (QED) is 0.691. The molecule has 0 fully saturated rings. The lowest BCUT2D eigenvalue weighted by molar-refractivity contribution is 0.102. The largest absolute Gasteiger partial charge is 0.489 e. The molecule has 1 amide bonds. The summed E-state index contributed by atoms with van der Waals surface area (Å²) in [5.41, 5.74) is 4.54. The van der Waals surface area contributed by atoms with E-state index in [0.717, 1.165) is 17.0 Å². The van der Waals surface area contributed by atoms with Crippen molar-refractivity contribution in [1.29, 1.82) is 0 Å². The van der Waals surface area contributed by atoms with Crippen LogP contribution in [0.4, 0.5) is 5.69 Å². The molecule has 0 aliphatic rings. The highest BCUT2D eigenvalue weighted by Crippen LogP contribution is 2.24. The summed E-state index contributed by atoms with van der Waals surface area (Å²) in [6.07, 6.45) is 1.65. The fraction of sp³-hybridized carbons (Fsp3) is 0.304. The van der Waals surface area contributed by atoms with Crippen LogP contribution >= 0.6 is 0 Å². The molecule has 1 heterocycles. The molecule has 0 saturated heterocycles. The maximum absolute atomic E-state index is 12.5. The topological polar surface area (TPSA) is 56.1 Å². The Bertz CT molecular complexity index is 966. The zero-order valence-electron chi connectivity index (χ0n) is 17.1. The van der Waals surface area contributed by atoms with Crippen molar-refractivity contribution in [3.63, 3.8) is 0 Å². The number of anilines is 1. The van der Waals surface area contributed by atoms with Crippen LogP contribution in [0.1, 0.15) is 48.0 Å². The summed E-state index contributed by atoms with van der Waals surface area (Å²) < 4.78 is 7.62. The van der Waals surface area contributed by atoms with Gasteiger partial charge < -0.3 is 10.1 Å². The Kier molecular flexibility index (Phi) is 5.54. The lowest BCUT2D eigenvalue weighted by atomic mass is 9.87. The number of aromatic nitrogens is 2. The van der Waals surface area contributed by atoms with Gasteiger partial charge in [-0.15, -0.1) is 0 Å². The van der Waals surface area contributed by atoms with E-state index in [1.54, 1.807) is 16.9 Å². The summed E-state index contributed by atoms with van der Waals surface area (Å²) in [5, 5.41) is 7.05. The van der Waals surface area contributed by atoms with E-state index in [-0.39, 0.29) is 11.3 Å². The van der Waals surface area contributed by atoms with Gasteiger partial charge in [0.05, 0.1) is 17.6 Å². The van der Waals surface area contributed by atoms with Crippen molar-refractivity contribution in [3.8, 4) is 5.75 Å². The van der Waals surface area contributed by atoms with Crippen LogP contribution in [0.15, 0.2) is 54.7 Å². The van der Waals surface area contributed by atoms with Gasteiger partial charge in [0.2, 0.25) is 0 Å². The second-order valence-corrected chi connectivity index (χ2v) is 7.98. The third-order valence-electron chi connectivity index (χ3n) is 4.80. The first-order valence-electron chi connectivity index (χ1n) is 9.36. The molecular formula is C23H27N3O2. The Balaban J connectivity index is 1.64. The Morgan fingerprint density at radius 2 is 1.86 bits per heavy atom. The number of hydrogen-bond acceptors (Lipinski definition) is 3. The summed E-state index contributed by atoms with van der Waals surface area (Å²) in [4.78, 5) is 12.5. The van der Waals surface area contributed by atoms with Crippen molar-refractivity contribution in [1.82, 2.24) is 9.78 Å². The van der Waals surface area contributed by atoms with Gasteiger partial charge in [-0.25, -0.2) is 0 Å². The van der Waals surface area contributed by atoms with Crippen molar-refractivity contribution in [3.05, 3.63) is 77.1 Å². The van der Waals surface area contributed by atoms with Crippen LogP contribution in [0.3, 0.4) is 0 Å². The van der Waals surface area contributed by atoms with Gasteiger partial charge in [0, 0.05) is 12.6 Å². The van der Waals surface area contributed by atoms with E-state index in [1.165, 1.54) is 5.56 Å². The number of rotatable bonds is 5. The molecule has 1 N–H and O–H groups in total. The van der Waals surface area contributed by atoms with Gasteiger partial charge >= 0.3 is 0 Å². The molecule has 0 aliphatic carbocycles. The fourth-order valence-corrected chi connectivity index (χ4v) is 2.84. The van der Waals surface area contributed by atoms with Gasteiger partial charge in [-0.2, -0.15) is 5.10 Å². The monoisotopic (exact) mass is 377 g/mol. The summed E-state index contributed by atoms with van der Waals surface area (Å²) in [5.74, 6) is 0.654. The van der Waals surface area contributed by atoms with Crippen LogP contribution < -0.4 is 10.1 Å². The van der Waals surface area contributed by atoms with E-state index >= 15 is 0 Å². The van der Waals surface area contributed by atoms with E-state index in [0.29, 0.717) is 17.9 Å². The van der Waals surface area contributed by atoms with Crippen molar-refractivity contribution >= 4 is 11.6 Å². The summed E-state index contributed by atoms with van der Waals surface area (Å²) in [6, 6.07) is 15.6. The molecule has 5 nitrogen and oxygen atoms in total. The molecule has 0 bridgehead atoms. The molecule has 0 atom stereocenters. The molecule has 0 saturated carbocycles. The third kappa shape index (κ3) is 4.60. The van der Waals surface area contributed by atoms with Crippen LogP contribution in [0.5, 0.6) is 5.75 Å². The van der Waals surface area contributed by atoms with Gasteiger partial charge in [0.25, 0.3) is 5.91 Å². The zero-order valence-corrected chi connectivity index (χ0v) is 17.1. The first-order valence-corrected chi connectivity index (χ1v) is 9.36.